The fraction of sp³-hybridized carbons (Fsp3) is 0.476. The van der Waals surface area contributed by atoms with Gasteiger partial charge in [0.1, 0.15) is 5.69 Å². The van der Waals surface area contributed by atoms with E-state index in [0.29, 0.717) is 11.6 Å². The van der Waals surface area contributed by atoms with Crippen LogP contribution < -0.4 is 15.5 Å². The number of para-hydroxylation sites is 2. The Morgan fingerprint density at radius 2 is 1.86 bits per heavy atom. The van der Waals surface area contributed by atoms with Crippen LogP contribution in [0.25, 0.3) is 0 Å². The van der Waals surface area contributed by atoms with E-state index in [4.69, 9.17) is 4.74 Å². The molecule has 1 aliphatic heterocycles. The van der Waals surface area contributed by atoms with Crippen molar-refractivity contribution in [3.05, 3.63) is 42.2 Å². The number of rotatable bonds is 5. The number of hydrogen-bond donors (Lipinski definition) is 2. The van der Waals surface area contributed by atoms with E-state index in [-0.39, 0.29) is 11.9 Å². The Morgan fingerprint density at radius 1 is 1.07 bits per heavy atom. The number of carbonyl (C=O) groups excluding carboxylic acids is 1. The van der Waals surface area contributed by atoms with Crippen molar-refractivity contribution in [1.29, 1.82) is 0 Å². The second-order valence-electron chi connectivity index (χ2n) is 7.32. The number of carbonyl (C=O) groups is 1. The first-order chi connectivity index (χ1) is 13.8. The summed E-state index contributed by atoms with van der Waals surface area (Å²) >= 11 is 0. The van der Waals surface area contributed by atoms with E-state index in [2.05, 4.69) is 31.6 Å². The van der Waals surface area contributed by atoms with Gasteiger partial charge in [-0.15, -0.1) is 0 Å². The Kier molecular flexibility index (Phi) is 6.01. The minimum Gasteiger partial charge on any atom is -0.378 e. The maximum Gasteiger partial charge on any atom is 0.270 e. The van der Waals surface area contributed by atoms with Crippen LogP contribution in [-0.4, -0.2) is 48.2 Å². The molecule has 1 aromatic carbocycles. The maximum absolute atomic E-state index is 12.6. The largest absolute Gasteiger partial charge is 0.378 e. The van der Waals surface area contributed by atoms with Gasteiger partial charge in [-0.25, -0.2) is 9.97 Å². The van der Waals surface area contributed by atoms with Crippen molar-refractivity contribution in [3.8, 4) is 0 Å². The Bertz CT molecular complexity index is 801. The Balaban J connectivity index is 1.47. The van der Waals surface area contributed by atoms with Gasteiger partial charge in [0.25, 0.3) is 5.91 Å². The lowest BCUT2D eigenvalue weighted by atomic mass is 9.95. The molecule has 2 fully saturated rings. The normalized spacial score (nSPS) is 17.9. The van der Waals surface area contributed by atoms with E-state index in [1.54, 1.807) is 12.3 Å². The van der Waals surface area contributed by atoms with Crippen LogP contribution in [0.4, 0.5) is 17.3 Å². The van der Waals surface area contributed by atoms with E-state index in [1.807, 2.05) is 18.2 Å². The number of anilines is 3. The third kappa shape index (κ3) is 4.59. The number of nitrogens with zero attached hydrogens (tertiary/aromatic N) is 3. The van der Waals surface area contributed by atoms with Crippen LogP contribution in [0.2, 0.25) is 0 Å². The first kappa shape index (κ1) is 18.7. The zero-order valence-electron chi connectivity index (χ0n) is 16.1. The fourth-order valence-electron chi connectivity index (χ4n) is 3.83. The highest BCUT2D eigenvalue weighted by Crippen LogP contribution is 2.28. The third-order valence-corrected chi connectivity index (χ3v) is 5.33. The molecule has 28 heavy (non-hydrogen) atoms. The lowest BCUT2D eigenvalue weighted by molar-refractivity contribution is 0.0922. The molecule has 0 radical (unpaired) electrons. The predicted molar refractivity (Wildman–Crippen MR) is 109 cm³/mol. The molecule has 1 aromatic heterocycles. The zero-order valence-corrected chi connectivity index (χ0v) is 16.1. The van der Waals surface area contributed by atoms with Gasteiger partial charge in [-0.3, -0.25) is 4.79 Å². The summed E-state index contributed by atoms with van der Waals surface area (Å²) in [5.41, 5.74) is 2.41. The molecule has 1 saturated carbocycles. The van der Waals surface area contributed by atoms with Crippen LogP contribution in [0.15, 0.2) is 36.5 Å². The lowest BCUT2D eigenvalue weighted by Gasteiger charge is -2.30. The first-order valence-electron chi connectivity index (χ1n) is 10.1. The van der Waals surface area contributed by atoms with Crippen molar-refractivity contribution in [2.45, 2.75) is 38.1 Å². The van der Waals surface area contributed by atoms with E-state index in [0.717, 1.165) is 50.5 Å². The molecule has 0 spiro atoms. The molecule has 1 amide bonds. The smallest absolute Gasteiger partial charge is 0.270 e. The highest BCUT2D eigenvalue weighted by Gasteiger charge is 2.19. The predicted octanol–water partition coefficient (Wildman–Crippen LogP) is 3.12. The van der Waals surface area contributed by atoms with Crippen molar-refractivity contribution in [2.24, 2.45) is 0 Å². The van der Waals surface area contributed by atoms with Gasteiger partial charge in [0, 0.05) is 25.3 Å². The minimum atomic E-state index is -0.126. The Labute approximate surface area is 165 Å². The van der Waals surface area contributed by atoms with Gasteiger partial charge in [0.15, 0.2) is 0 Å². The zero-order chi connectivity index (χ0) is 19.2. The van der Waals surface area contributed by atoms with E-state index in [1.165, 1.54) is 19.3 Å². The molecule has 0 bridgehead atoms. The molecule has 148 valence electrons. The van der Waals surface area contributed by atoms with E-state index in [9.17, 15) is 4.79 Å². The molecular formula is C21H27N5O2. The van der Waals surface area contributed by atoms with Gasteiger partial charge in [0.2, 0.25) is 5.95 Å². The van der Waals surface area contributed by atoms with E-state index >= 15 is 0 Å². The van der Waals surface area contributed by atoms with Crippen molar-refractivity contribution in [2.75, 3.05) is 36.5 Å². The van der Waals surface area contributed by atoms with Gasteiger partial charge < -0.3 is 20.3 Å². The summed E-state index contributed by atoms with van der Waals surface area (Å²) in [5, 5.41) is 6.39. The molecule has 0 unspecified atom stereocenters. The standard InChI is InChI=1S/C21H27N5O2/c27-20(23-16-6-2-1-3-7-16)18-10-11-22-21(25-18)24-17-8-4-5-9-19(17)26-12-14-28-15-13-26/h4-5,8-11,16H,1-3,6-7,12-15H2,(H,23,27)(H,22,24,25). The highest BCUT2D eigenvalue weighted by molar-refractivity contribution is 5.92. The summed E-state index contributed by atoms with van der Waals surface area (Å²) in [6.07, 6.45) is 7.35. The molecule has 1 saturated heterocycles. The highest BCUT2D eigenvalue weighted by atomic mass is 16.5. The third-order valence-electron chi connectivity index (χ3n) is 5.33. The lowest BCUT2D eigenvalue weighted by Crippen LogP contribution is -2.36. The number of hydrogen-bond acceptors (Lipinski definition) is 6. The van der Waals surface area contributed by atoms with Gasteiger partial charge in [-0.1, -0.05) is 31.4 Å². The number of amides is 1. The topological polar surface area (TPSA) is 79.4 Å². The van der Waals surface area contributed by atoms with E-state index < -0.39 is 0 Å². The van der Waals surface area contributed by atoms with Crippen LogP contribution in [0.5, 0.6) is 0 Å². The van der Waals surface area contributed by atoms with Crippen molar-refractivity contribution >= 4 is 23.2 Å². The maximum atomic E-state index is 12.6. The molecule has 2 heterocycles. The van der Waals surface area contributed by atoms with Crippen molar-refractivity contribution in [1.82, 2.24) is 15.3 Å². The number of benzene rings is 1. The average molecular weight is 381 g/mol. The Morgan fingerprint density at radius 3 is 2.68 bits per heavy atom. The van der Waals surface area contributed by atoms with Crippen molar-refractivity contribution in [3.63, 3.8) is 0 Å². The summed E-state index contributed by atoms with van der Waals surface area (Å²) in [6, 6.07) is 10.00. The van der Waals surface area contributed by atoms with Crippen LogP contribution in [0.1, 0.15) is 42.6 Å². The number of aromatic nitrogens is 2. The van der Waals surface area contributed by atoms with Crippen LogP contribution in [0.3, 0.4) is 0 Å². The second kappa shape index (κ2) is 9.01. The minimum absolute atomic E-state index is 0.126. The van der Waals surface area contributed by atoms with Gasteiger partial charge >= 0.3 is 0 Å². The number of morpholine rings is 1. The Hall–Kier alpha value is -2.67. The van der Waals surface area contributed by atoms with Gasteiger partial charge in [0.05, 0.1) is 24.6 Å². The summed E-state index contributed by atoms with van der Waals surface area (Å²) in [6.45, 7) is 3.15. The molecule has 2 aliphatic rings. The van der Waals surface area contributed by atoms with Gasteiger partial charge in [-0.05, 0) is 31.0 Å². The van der Waals surface area contributed by atoms with Crippen LogP contribution >= 0.6 is 0 Å². The molecule has 7 nitrogen and oxygen atoms in total. The summed E-state index contributed by atoms with van der Waals surface area (Å²) < 4.78 is 5.45. The molecule has 7 heteroatoms. The fourth-order valence-corrected chi connectivity index (χ4v) is 3.83. The average Bonchev–Trinajstić information content (AvgIpc) is 2.76. The van der Waals surface area contributed by atoms with Crippen LogP contribution in [-0.2, 0) is 4.74 Å². The van der Waals surface area contributed by atoms with Gasteiger partial charge in [-0.2, -0.15) is 0 Å². The molecule has 1 aliphatic carbocycles. The molecular weight excluding hydrogens is 354 g/mol. The second-order valence-corrected chi connectivity index (χ2v) is 7.32. The molecule has 2 N–H and O–H groups in total. The quantitative estimate of drug-likeness (QED) is 0.828. The monoisotopic (exact) mass is 381 g/mol. The number of ether oxygens (including phenoxy) is 1. The summed E-state index contributed by atoms with van der Waals surface area (Å²) in [4.78, 5) is 23.6. The SMILES string of the molecule is O=C(NC1CCCCC1)c1ccnc(Nc2ccccc2N2CCOCC2)n1. The summed E-state index contributed by atoms with van der Waals surface area (Å²) in [5.74, 6) is 0.302. The number of nitrogens with one attached hydrogen (secondary N) is 2. The van der Waals surface area contributed by atoms with Crippen LogP contribution in [0, 0.1) is 0 Å². The molecule has 4 rings (SSSR count). The molecule has 2 aromatic rings. The molecule has 0 atom stereocenters. The first-order valence-corrected chi connectivity index (χ1v) is 10.1. The summed E-state index contributed by atoms with van der Waals surface area (Å²) in [7, 11) is 0. The van der Waals surface area contributed by atoms with Crippen molar-refractivity contribution < 1.29 is 9.53 Å².